The highest BCUT2D eigenvalue weighted by Gasteiger charge is 2.34. The first-order valence-corrected chi connectivity index (χ1v) is 7.45. The van der Waals surface area contributed by atoms with Crippen molar-refractivity contribution in [2.24, 2.45) is 11.8 Å². The van der Waals surface area contributed by atoms with Gasteiger partial charge in [0.05, 0.1) is 6.33 Å². The fourth-order valence-corrected chi connectivity index (χ4v) is 2.89. The number of hydrogen-bond acceptors (Lipinski definition) is 3. The Labute approximate surface area is 118 Å². The van der Waals surface area contributed by atoms with E-state index in [2.05, 4.69) is 4.98 Å². The maximum Gasteiger partial charge on any atom is 0.256 e. The minimum absolute atomic E-state index is 0.0523. The summed E-state index contributed by atoms with van der Waals surface area (Å²) in [7, 11) is 0. The van der Waals surface area contributed by atoms with E-state index in [1.807, 2.05) is 4.90 Å². The number of carbonyl (C=O) groups excluding carboxylic acids is 1. The van der Waals surface area contributed by atoms with Gasteiger partial charge in [-0.15, -0.1) is 0 Å². The Morgan fingerprint density at radius 3 is 2.65 bits per heavy atom. The molecule has 20 heavy (non-hydrogen) atoms. The van der Waals surface area contributed by atoms with Crippen LogP contribution < -0.4 is 5.56 Å². The van der Waals surface area contributed by atoms with Crippen molar-refractivity contribution in [1.29, 1.82) is 0 Å². The Morgan fingerprint density at radius 2 is 2.00 bits per heavy atom. The minimum Gasteiger partial charge on any atom is -0.342 e. The van der Waals surface area contributed by atoms with Crippen molar-refractivity contribution in [2.75, 3.05) is 13.1 Å². The molecule has 2 heterocycles. The van der Waals surface area contributed by atoms with E-state index >= 15 is 0 Å². The van der Waals surface area contributed by atoms with Gasteiger partial charge >= 0.3 is 0 Å². The van der Waals surface area contributed by atoms with Crippen molar-refractivity contribution in [3.05, 3.63) is 28.4 Å². The molecule has 5 nitrogen and oxygen atoms in total. The number of carbonyl (C=O) groups is 1. The van der Waals surface area contributed by atoms with Gasteiger partial charge in [0, 0.05) is 37.3 Å². The van der Waals surface area contributed by atoms with Crippen molar-refractivity contribution in [2.45, 2.75) is 39.2 Å². The lowest BCUT2D eigenvalue weighted by Crippen LogP contribution is -2.40. The molecule has 1 aliphatic carbocycles. The summed E-state index contributed by atoms with van der Waals surface area (Å²) in [5.41, 5.74) is 0.741. The van der Waals surface area contributed by atoms with Crippen molar-refractivity contribution in [3.8, 4) is 0 Å². The van der Waals surface area contributed by atoms with Crippen LogP contribution in [-0.4, -0.2) is 33.4 Å². The standard InChI is InChI=1S/C15H21N3O2/c1-11-8-16-10-18(14(11)19)9-12-4-6-17(7-5-12)15(20)13-2-3-13/h8,10,12-13H,2-7,9H2,1H3. The van der Waals surface area contributed by atoms with Gasteiger partial charge in [-0.2, -0.15) is 0 Å². The van der Waals surface area contributed by atoms with Crippen molar-refractivity contribution < 1.29 is 4.79 Å². The van der Waals surface area contributed by atoms with Crippen LogP contribution >= 0.6 is 0 Å². The van der Waals surface area contributed by atoms with Gasteiger partial charge in [0.2, 0.25) is 5.91 Å². The molecule has 1 aromatic heterocycles. The Kier molecular flexibility index (Phi) is 3.59. The normalized spacial score (nSPS) is 20.1. The molecule has 5 heteroatoms. The summed E-state index contributed by atoms with van der Waals surface area (Å²) in [6, 6.07) is 0. The summed E-state index contributed by atoms with van der Waals surface area (Å²) in [4.78, 5) is 30.0. The Hall–Kier alpha value is -1.65. The average Bonchev–Trinajstić information content (AvgIpc) is 3.29. The predicted molar refractivity (Wildman–Crippen MR) is 75.3 cm³/mol. The van der Waals surface area contributed by atoms with Crippen LogP contribution in [0.5, 0.6) is 0 Å². The van der Waals surface area contributed by atoms with Crippen LogP contribution in [0.15, 0.2) is 17.3 Å². The summed E-state index contributed by atoms with van der Waals surface area (Å²) in [6.45, 7) is 4.20. The molecule has 0 radical (unpaired) electrons. The molecule has 1 saturated carbocycles. The van der Waals surface area contributed by atoms with Crippen LogP contribution in [0, 0.1) is 18.8 Å². The molecule has 1 aliphatic heterocycles. The molecular weight excluding hydrogens is 254 g/mol. The Balaban J connectivity index is 1.57. The first kappa shape index (κ1) is 13.3. The number of hydrogen-bond donors (Lipinski definition) is 0. The highest BCUT2D eigenvalue weighted by molar-refractivity contribution is 5.81. The van der Waals surface area contributed by atoms with Gasteiger partial charge in [0.1, 0.15) is 0 Å². The Morgan fingerprint density at radius 1 is 1.30 bits per heavy atom. The maximum absolute atomic E-state index is 12.0. The van der Waals surface area contributed by atoms with Gasteiger partial charge in [0.25, 0.3) is 5.56 Å². The van der Waals surface area contributed by atoms with E-state index in [1.165, 1.54) is 0 Å². The molecule has 0 aromatic carbocycles. The molecule has 2 aliphatic rings. The molecule has 1 aromatic rings. The molecule has 0 N–H and O–H groups in total. The van der Waals surface area contributed by atoms with Crippen molar-refractivity contribution >= 4 is 5.91 Å². The number of rotatable bonds is 3. The smallest absolute Gasteiger partial charge is 0.256 e. The molecule has 1 amide bonds. The molecule has 0 atom stereocenters. The predicted octanol–water partition coefficient (Wildman–Crippen LogP) is 1.20. The quantitative estimate of drug-likeness (QED) is 0.833. The van der Waals surface area contributed by atoms with E-state index < -0.39 is 0 Å². The van der Waals surface area contributed by atoms with Gasteiger partial charge in [-0.1, -0.05) is 0 Å². The van der Waals surface area contributed by atoms with E-state index in [9.17, 15) is 9.59 Å². The molecule has 1 saturated heterocycles. The lowest BCUT2D eigenvalue weighted by molar-refractivity contribution is -0.134. The lowest BCUT2D eigenvalue weighted by Gasteiger charge is -2.32. The van der Waals surface area contributed by atoms with Crippen LogP contribution in [0.2, 0.25) is 0 Å². The molecule has 0 spiro atoms. The second-order valence-corrected chi connectivity index (χ2v) is 6.08. The minimum atomic E-state index is 0.0523. The maximum atomic E-state index is 12.0. The van der Waals surface area contributed by atoms with Crippen LogP contribution in [0.1, 0.15) is 31.2 Å². The first-order valence-electron chi connectivity index (χ1n) is 7.45. The van der Waals surface area contributed by atoms with Crippen LogP contribution in [0.25, 0.3) is 0 Å². The number of nitrogens with zero attached hydrogens (tertiary/aromatic N) is 3. The third kappa shape index (κ3) is 2.76. The molecule has 108 valence electrons. The zero-order valence-electron chi connectivity index (χ0n) is 11.9. The number of likely N-dealkylation sites (tertiary alicyclic amines) is 1. The molecule has 2 fully saturated rings. The topological polar surface area (TPSA) is 55.2 Å². The molecule has 3 rings (SSSR count). The van der Waals surface area contributed by atoms with Gasteiger partial charge in [-0.05, 0) is 38.5 Å². The van der Waals surface area contributed by atoms with Gasteiger partial charge < -0.3 is 4.90 Å². The van der Waals surface area contributed by atoms with Gasteiger partial charge in [0.15, 0.2) is 0 Å². The van der Waals surface area contributed by atoms with Gasteiger partial charge in [-0.3, -0.25) is 14.2 Å². The largest absolute Gasteiger partial charge is 0.342 e. The Bertz CT molecular complexity index is 554. The van der Waals surface area contributed by atoms with E-state index in [-0.39, 0.29) is 5.56 Å². The summed E-state index contributed by atoms with van der Waals surface area (Å²) < 4.78 is 1.71. The number of aromatic nitrogens is 2. The number of piperidine rings is 1. The monoisotopic (exact) mass is 275 g/mol. The number of amides is 1. The average molecular weight is 275 g/mol. The third-order valence-corrected chi connectivity index (χ3v) is 4.38. The fraction of sp³-hybridized carbons (Fsp3) is 0.667. The van der Waals surface area contributed by atoms with Crippen molar-refractivity contribution in [1.82, 2.24) is 14.5 Å². The summed E-state index contributed by atoms with van der Waals surface area (Å²) in [6.07, 6.45) is 7.34. The van der Waals surface area contributed by atoms with Gasteiger partial charge in [-0.25, -0.2) is 4.98 Å². The summed E-state index contributed by atoms with van der Waals surface area (Å²) >= 11 is 0. The molecular formula is C15H21N3O2. The van der Waals surface area contributed by atoms with Crippen LogP contribution in [0.4, 0.5) is 0 Å². The SMILES string of the molecule is Cc1cncn(CC2CCN(C(=O)C3CC3)CC2)c1=O. The van der Waals surface area contributed by atoms with Crippen LogP contribution in [-0.2, 0) is 11.3 Å². The molecule has 0 bridgehead atoms. The van der Waals surface area contributed by atoms with E-state index in [0.29, 0.717) is 23.3 Å². The summed E-state index contributed by atoms with van der Waals surface area (Å²) in [5, 5.41) is 0. The fourth-order valence-electron chi connectivity index (χ4n) is 2.89. The lowest BCUT2D eigenvalue weighted by atomic mass is 9.96. The van der Waals surface area contributed by atoms with E-state index in [4.69, 9.17) is 0 Å². The van der Waals surface area contributed by atoms with E-state index in [0.717, 1.165) is 45.3 Å². The second-order valence-electron chi connectivity index (χ2n) is 6.08. The number of aryl methyl sites for hydroxylation is 1. The van der Waals surface area contributed by atoms with Crippen LogP contribution in [0.3, 0.4) is 0 Å². The highest BCUT2D eigenvalue weighted by Crippen LogP contribution is 2.32. The summed E-state index contributed by atoms with van der Waals surface area (Å²) in [5.74, 6) is 1.13. The highest BCUT2D eigenvalue weighted by atomic mass is 16.2. The van der Waals surface area contributed by atoms with Crippen molar-refractivity contribution in [3.63, 3.8) is 0 Å². The van der Waals surface area contributed by atoms with E-state index in [1.54, 1.807) is 24.0 Å². The second kappa shape index (κ2) is 5.38. The zero-order valence-corrected chi connectivity index (χ0v) is 11.9. The third-order valence-electron chi connectivity index (χ3n) is 4.38. The first-order chi connectivity index (χ1) is 9.65. The molecule has 0 unspecified atom stereocenters. The zero-order chi connectivity index (χ0) is 14.1.